The molecule has 0 saturated carbocycles. The fourth-order valence-electron chi connectivity index (χ4n) is 4.34. The lowest BCUT2D eigenvalue weighted by atomic mass is 9.91. The van der Waals surface area contributed by atoms with Crippen LogP contribution >= 0.6 is 113 Å². The predicted molar refractivity (Wildman–Crippen MR) is 198 cm³/mol. The van der Waals surface area contributed by atoms with Gasteiger partial charge in [-0.3, -0.25) is 4.55 Å². The minimum absolute atomic E-state index is 0.0173. The minimum atomic E-state index is -4.49. The first-order valence-corrected chi connectivity index (χ1v) is 18.2. The first kappa shape index (κ1) is 31.5. The maximum Gasteiger partial charge on any atom is 0.345 e. The zero-order chi connectivity index (χ0) is 29.6. The van der Waals surface area contributed by atoms with Crippen LogP contribution in [-0.4, -0.2) is 24.9 Å². The highest BCUT2D eigenvalue weighted by Crippen LogP contribution is 2.37. The van der Waals surface area contributed by atoms with E-state index in [0.717, 1.165) is 21.5 Å². The predicted octanol–water partition coefficient (Wildman–Crippen LogP) is 8.70. The second kappa shape index (κ2) is 12.6. The number of esters is 2. The van der Waals surface area contributed by atoms with Gasteiger partial charge in [-0.25, -0.2) is 9.59 Å². The summed E-state index contributed by atoms with van der Waals surface area (Å²) in [6.45, 7) is 0. The van der Waals surface area contributed by atoms with Crippen molar-refractivity contribution in [3.8, 4) is 11.5 Å². The molecule has 1 N–H and O–H groups in total. The van der Waals surface area contributed by atoms with Gasteiger partial charge in [0.05, 0.1) is 18.3 Å². The highest BCUT2D eigenvalue weighted by molar-refractivity contribution is 14.1. The van der Waals surface area contributed by atoms with Gasteiger partial charge in [-0.05, 0) is 159 Å². The van der Waals surface area contributed by atoms with Crippen molar-refractivity contribution in [2.24, 2.45) is 0 Å². The van der Waals surface area contributed by atoms with Crippen LogP contribution in [0.5, 0.6) is 11.5 Å². The molecule has 0 saturated heterocycles. The summed E-state index contributed by atoms with van der Waals surface area (Å²) in [6.07, 6.45) is 0. The topological polar surface area (TPSA) is 107 Å². The van der Waals surface area contributed by atoms with Crippen LogP contribution < -0.4 is 9.47 Å². The summed E-state index contributed by atoms with van der Waals surface area (Å²) in [5, 5.41) is 2.52. The number of fused-ring (bicyclic) bond motifs is 3. The van der Waals surface area contributed by atoms with Crippen molar-refractivity contribution >= 4 is 157 Å². The Hall–Kier alpha value is -0.880. The van der Waals surface area contributed by atoms with E-state index in [1.54, 1.807) is 69.4 Å². The Morgan fingerprint density at radius 1 is 0.610 bits per heavy atom. The molecule has 0 atom stereocenters. The molecule has 5 aromatic rings. The van der Waals surface area contributed by atoms with E-state index < -0.39 is 22.1 Å². The lowest BCUT2D eigenvalue weighted by molar-refractivity contribution is 0.0693. The molecule has 0 heterocycles. The Balaban J connectivity index is 1.71. The summed E-state index contributed by atoms with van der Waals surface area (Å²) in [6, 6.07) is 20.9. The molecule has 0 radical (unpaired) electrons. The molecule has 0 fully saturated rings. The van der Waals surface area contributed by atoms with Gasteiger partial charge in [0.1, 0.15) is 10.6 Å². The lowest BCUT2D eigenvalue weighted by Gasteiger charge is -2.17. The van der Waals surface area contributed by atoms with Gasteiger partial charge in [0.2, 0.25) is 0 Å². The molecule has 0 spiro atoms. The van der Waals surface area contributed by atoms with Crippen molar-refractivity contribution in [1.29, 1.82) is 0 Å². The molecule has 13 heteroatoms. The Morgan fingerprint density at radius 2 is 1.02 bits per heavy atom. The number of rotatable bonds is 5. The third-order valence-electron chi connectivity index (χ3n) is 5.94. The van der Waals surface area contributed by atoms with Gasteiger partial charge < -0.3 is 9.47 Å². The Kier molecular flexibility index (Phi) is 9.71. The molecule has 0 bridgehead atoms. The molecule has 0 aromatic heterocycles. The number of ether oxygens (including phenoxy) is 2. The average molecular weight is 1130 g/mol. The van der Waals surface area contributed by atoms with Gasteiger partial charge in [-0.15, -0.1) is 0 Å². The molecule has 208 valence electrons. The molecule has 5 aromatic carbocycles. The highest BCUT2D eigenvalue weighted by Gasteiger charge is 2.29. The van der Waals surface area contributed by atoms with E-state index in [1.807, 2.05) is 36.4 Å². The molecule has 0 amide bonds. The number of carbonyl (C=O) groups is 2. The number of halogens is 5. The van der Waals surface area contributed by atoms with Gasteiger partial charge in [0, 0.05) is 10.7 Å². The smallest absolute Gasteiger partial charge is 0.345 e. The summed E-state index contributed by atoms with van der Waals surface area (Å²) >= 11 is 9.91. The van der Waals surface area contributed by atoms with E-state index >= 15 is 0 Å². The minimum Gasteiger partial charge on any atom is -0.423 e. The fraction of sp³-hybridized carbons (Fsp3) is 0. The molecule has 0 aliphatic heterocycles. The van der Waals surface area contributed by atoms with Crippen molar-refractivity contribution in [3.63, 3.8) is 0 Å². The molecule has 0 unspecified atom stereocenters. The number of carbonyl (C=O) groups excluding carboxylic acids is 2. The largest absolute Gasteiger partial charge is 0.423 e. The molecular formula is C28H13I5O7S. The monoisotopic (exact) mass is 1130 g/mol. The van der Waals surface area contributed by atoms with Crippen LogP contribution in [0.15, 0.2) is 77.7 Å². The van der Waals surface area contributed by atoms with Crippen molar-refractivity contribution in [2.75, 3.05) is 0 Å². The second-order valence-electron chi connectivity index (χ2n) is 8.51. The first-order chi connectivity index (χ1) is 19.4. The summed E-state index contributed by atoms with van der Waals surface area (Å²) < 4.78 is 47.7. The average Bonchev–Trinajstić information content (AvgIpc) is 2.88. The standard InChI is InChI=1S/C28H13I5O7S/c29-13-9-19(30)25(20(31)10-13)40-28(35)24-18-8-4-2-6-16(18)15-5-1-3-7-17(15)23(24)27(34)39-14-11-21(32)26(22(33)12-14)41(36,37)38/h1-12H,(H,36,37,38). The fourth-order valence-corrected chi connectivity index (χ4v) is 12.1. The van der Waals surface area contributed by atoms with Gasteiger partial charge >= 0.3 is 11.9 Å². The molecular weight excluding hydrogens is 1110 g/mol. The van der Waals surface area contributed by atoms with E-state index in [1.165, 1.54) is 12.1 Å². The van der Waals surface area contributed by atoms with Crippen LogP contribution in [0.3, 0.4) is 0 Å². The molecule has 41 heavy (non-hydrogen) atoms. The van der Waals surface area contributed by atoms with Gasteiger partial charge in [-0.1, -0.05) is 48.5 Å². The zero-order valence-corrected chi connectivity index (χ0v) is 31.7. The summed E-state index contributed by atoms with van der Waals surface area (Å²) in [5.41, 5.74) is 0.0668. The SMILES string of the molecule is O=C(Oc1cc(I)c(S(=O)(=O)O)c(I)c1)c1c(C(=O)Oc2c(I)cc(I)cc2I)c2ccccc2c2ccccc12. The summed E-state index contributed by atoms with van der Waals surface area (Å²) in [7, 11) is -4.49. The van der Waals surface area contributed by atoms with Crippen LogP contribution in [0.2, 0.25) is 0 Å². The van der Waals surface area contributed by atoms with Crippen LogP contribution in [0, 0.1) is 17.9 Å². The Labute approximate surface area is 302 Å². The molecule has 5 rings (SSSR count). The molecule has 0 aliphatic carbocycles. The quantitative estimate of drug-likeness (QED) is 0.0618. The van der Waals surface area contributed by atoms with E-state index in [4.69, 9.17) is 9.47 Å². The summed E-state index contributed by atoms with van der Waals surface area (Å²) in [4.78, 5) is 27.6. The van der Waals surface area contributed by atoms with E-state index in [9.17, 15) is 22.6 Å². The number of hydrogen-bond acceptors (Lipinski definition) is 6. The van der Waals surface area contributed by atoms with Crippen LogP contribution in [0.25, 0.3) is 21.5 Å². The lowest BCUT2D eigenvalue weighted by Crippen LogP contribution is -2.20. The van der Waals surface area contributed by atoms with Crippen LogP contribution in [0.1, 0.15) is 20.7 Å². The first-order valence-electron chi connectivity index (χ1n) is 11.4. The van der Waals surface area contributed by atoms with Crippen molar-refractivity contribution < 1.29 is 32.0 Å². The second-order valence-corrected chi connectivity index (χ2v) is 15.8. The maximum atomic E-state index is 14.0. The van der Waals surface area contributed by atoms with Gasteiger partial charge in [0.15, 0.2) is 5.75 Å². The third-order valence-corrected chi connectivity index (χ3v) is 11.6. The van der Waals surface area contributed by atoms with E-state index in [2.05, 4.69) is 67.8 Å². The van der Waals surface area contributed by atoms with E-state index in [-0.39, 0.29) is 28.9 Å². The van der Waals surface area contributed by atoms with Gasteiger partial charge in [-0.2, -0.15) is 8.42 Å². The Morgan fingerprint density at radius 3 is 1.46 bits per heavy atom. The maximum absolute atomic E-state index is 14.0. The number of benzene rings is 5. The Bertz CT molecular complexity index is 1980. The van der Waals surface area contributed by atoms with Crippen molar-refractivity contribution in [3.05, 3.63) is 102 Å². The highest BCUT2D eigenvalue weighted by atomic mass is 127. The van der Waals surface area contributed by atoms with Crippen molar-refractivity contribution in [1.82, 2.24) is 0 Å². The zero-order valence-electron chi connectivity index (χ0n) is 20.1. The molecule has 0 aliphatic rings. The van der Waals surface area contributed by atoms with E-state index in [0.29, 0.717) is 16.5 Å². The number of hydrogen-bond donors (Lipinski definition) is 1. The molecule has 7 nitrogen and oxygen atoms in total. The third kappa shape index (κ3) is 6.49. The van der Waals surface area contributed by atoms with Gasteiger partial charge in [0.25, 0.3) is 10.1 Å². The van der Waals surface area contributed by atoms with Crippen LogP contribution in [-0.2, 0) is 10.1 Å². The summed E-state index contributed by atoms with van der Waals surface area (Å²) in [5.74, 6) is -1.11. The van der Waals surface area contributed by atoms with Crippen LogP contribution in [0.4, 0.5) is 0 Å². The normalized spacial score (nSPS) is 11.6. The van der Waals surface area contributed by atoms with Crippen molar-refractivity contribution in [2.45, 2.75) is 4.90 Å².